The molecule has 4 rings (SSSR count). The van der Waals surface area contributed by atoms with Crippen LogP contribution in [0.2, 0.25) is 0 Å². The fourth-order valence-electron chi connectivity index (χ4n) is 5.49. The largest absolute Gasteiger partial charge is 0.496 e. The first-order valence-electron chi connectivity index (χ1n) is 14.9. The fourth-order valence-corrected chi connectivity index (χ4v) is 5.49. The summed E-state index contributed by atoms with van der Waals surface area (Å²) in [6.45, 7) is 14.2. The summed E-state index contributed by atoms with van der Waals surface area (Å²) < 4.78 is 17.3. The molecule has 1 atom stereocenters. The number of unbranched alkanes of at least 4 members (excludes halogenated alkanes) is 1. The number of amides is 1. The fraction of sp³-hybridized carbons (Fsp3) is 0.429. The van der Waals surface area contributed by atoms with Crippen molar-refractivity contribution in [3.8, 4) is 17.2 Å². The summed E-state index contributed by atoms with van der Waals surface area (Å²) in [5.41, 5.74) is 5.04. The number of hydrogen-bond acceptors (Lipinski definition) is 7. The van der Waals surface area contributed by atoms with Gasteiger partial charge in [0.15, 0.2) is 17.3 Å². The van der Waals surface area contributed by atoms with Gasteiger partial charge in [0.05, 0.1) is 43.3 Å². The van der Waals surface area contributed by atoms with E-state index >= 15 is 0 Å². The van der Waals surface area contributed by atoms with Gasteiger partial charge in [0, 0.05) is 24.1 Å². The van der Waals surface area contributed by atoms with E-state index in [1.807, 2.05) is 18.5 Å². The number of fused-ring (bicyclic) bond motifs is 1. The van der Waals surface area contributed by atoms with Gasteiger partial charge in [-0.3, -0.25) is 19.6 Å². The number of carbonyl (C=O) groups excluding carboxylic acids is 2. The van der Waals surface area contributed by atoms with E-state index in [9.17, 15) is 9.59 Å². The van der Waals surface area contributed by atoms with Crippen molar-refractivity contribution in [1.29, 1.82) is 0 Å². The van der Waals surface area contributed by atoms with Crippen LogP contribution in [0.3, 0.4) is 0 Å². The zero-order chi connectivity index (χ0) is 31.1. The van der Waals surface area contributed by atoms with E-state index < -0.39 is 5.54 Å². The molecule has 1 aliphatic heterocycles. The predicted molar refractivity (Wildman–Crippen MR) is 173 cm³/mol. The molecule has 1 saturated carbocycles. The Labute approximate surface area is 254 Å². The van der Waals surface area contributed by atoms with Crippen molar-refractivity contribution in [1.82, 2.24) is 5.32 Å². The maximum Gasteiger partial charge on any atom is 0.254 e. The van der Waals surface area contributed by atoms with E-state index in [1.165, 1.54) is 12.5 Å². The standard InChI is InChI=1S/C35H43N3O5/c1-8-22(2)13-23(3)20-36-30-17-33(32(42-7)15-27(30)25(5)39)43-12-10-9-11-26-14-29-28(16-31(26)41-6)34(40)38-35(21-37-29)18-24(4)19-35/h14-17,20-21,23H,2,4,8-13,18-19H2,1,3,5-7H3,(H,38,40). The van der Waals surface area contributed by atoms with Gasteiger partial charge < -0.3 is 19.5 Å². The SMILES string of the molecule is C=C(CC)CC(C)C=Nc1cc(OCCCCc2cc3c(cc2OC)C(=O)NC2(C=N3)CC(=C)C2)c(OC)cc1C(C)=O. The highest BCUT2D eigenvalue weighted by Gasteiger charge is 2.41. The van der Waals surface area contributed by atoms with Crippen molar-refractivity contribution in [2.45, 2.75) is 71.3 Å². The third-order valence-electron chi connectivity index (χ3n) is 7.93. The smallest absolute Gasteiger partial charge is 0.254 e. The first kappa shape index (κ1) is 31.7. The summed E-state index contributed by atoms with van der Waals surface area (Å²) in [7, 11) is 3.17. The van der Waals surface area contributed by atoms with Gasteiger partial charge in [0.25, 0.3) is 5.91 Å². The second kappa shape index (κ2) is 13.8. The minimum absolute atomic E-state index is 0.0903. The Hall–Kier alpha value is -4.20. The topological polar surface area (TPSA) is 98.6 Å². The highest BCUT2D eigenvalue weighted by atomic mass is 16.5. The van der Waals surface area contributed by atoms with Crippen molar-refractivity contribution >= 4 is 35.5 Å². The minimum Gasteiger partial charge on any atom is -0.496 e. The molecular weight excluding hydrogens is 542 g/mol. The van der Waals surface area contributed by atoms with Crippen molar-refractivity contribution in [3.63, 3.8) is 0 Å². The van der Waals surface area contributed by atoms with Crippen LogP contribution in [0.25, 0.3) is 0 Å². The second-order valence-electron chi connectivity index (χ2n) is 11.6. The Bertz CT molecular complexity index is 1460. The van der Waals surface area contributed by atoms with Crippen LogP contribution in [-0.2, 0) is 6.42 Å². The van der Waals surface area contributed by atoms with Gasteiger partial charge in [-0.05, 0) is 81.5 Å². The highest BCUT2D eigenvalue weighted by Crippen LogP contribution is 2.39. The molecule has 8 nitrogen and oxygen atoms in total. The maximum atomic E-state index is 13.0. The van der Waals surface area contributed by atoms with Crippen LogP contribution in [0, 0.1) is 5.92 Å². The van der Waals surface area contributed by atoms with Crippen LogP contribution < -0.4 is 19.5 Å². The molecule has 1 fully saturated rings. The normalized spacial score (nSPS) is 15.8. The molecule has 1 unspecified atom stereocenters. The third-order valence-corrected chi connectivity index (χ3v) is 7.93. The number of nitrogens with zero attached hydrogens (tertiary/aromatic N) is 2. The Morgan fingerprint density at radius 2 is 1.88 bits per heavy atom. The molecule has 2 aliphatic rings. The van der Waals surface area contributed by atoms with Gasteiger partial charge >= 0.3 is 0 Å². The summed E-state index contributed by atoms with van der Waals surface area (Å²) in [5.74, 6) is 1.66. The van der Waals surface area contributed by atoms with Crippen LogP contribution in [0.4, 0.5) is 11.4 Å². The molecule has 1 N–H and O–H groups in total. The van der Waals surface area contributed by atoms with Gasteiger partial charge in [-0.2, -0.15) is 0 Å². The molecule has 1 aliphatic carbocycles. The Balaban J connectivity index is 1.41. The molecular formula is C35H43N3O5. The lowest BCUT2D eigenvalue weighted by Crippen LogP contribution is -2.55. The number of aliphatic imine (C=N–C) groups is 2. The quantitative estimate of drug-likeness (QED) is 0.107. The average Bonchev–Trinajstić information content (AvgIpc) is 3.10. The first-order valence-corrected chi connectivity index (χ1v) is 14.9. The first-order chi connectivity index (χ1) is 20.6. The van der Waals surface area contributed by atoms with E-state index in [0.717, 1.165) is 43.2 Å². The lowest BCUT2D eigenvalue weighted by Gasteiger charge is -2.40. The molecule has 228 valence electrons. The number of benzene rings is 2. The molecule has 2 aromatic carbocycles. The minimum atomic E-state index is -0.435. The lowest BCUT2D eigenvalue weighted by molar-refractivity contribution is 0.0913. The van der Waals surface area contributed by atoms with Crippen molar-refractivity contribution in [2.75, 3.05) is 20.8 Å². The highest BCUT2D eigenvalue weighted by molar-refractivity contribution is 6.04. The molecule has 43 heavy (non-hydrogen) atoms. The molecule has 0 saturated heterocycles. The van der Waals surface area contributed by atoms with E-state index in [1.54, 1.807) is 32.4 Å². The van der Waals surface area contributed by atoms with Crippen LogP contribution in [-0.4, -0.2) is 50.5 Å². The molecule has 1 amide bonds. The van der Waals surface area contributed by atoms with Crippen LogP contribution >= 0.6 is 0 Å². The van der Waals surface area contributed by atoms with Crippen molar-refractivity contribution in [3.05, 3.63) is 65.3 Å². The Kier molecular flexibility index (Phi) is 10.2. The molecule has 0 radical (unpaired) electrons. The van der Waals surface area contributed by atoms with E-state index in [0.29, 0.717) is 59.2 Å². The van der Waals surface area contributed by atoms with E-state index in [-0.39, 0.29) is 17.6 Å². The van der Waals surface area contributed by atoms with Crippen LogP contribution in [0.5, 0.6) is 17.2 Å². The Morgan fingerprint density at radius 3 is 2.53 bits per heavy atom. The maximum absolute atomic E-state index is 13.0. The molecule has 0 bridgehead atoms. The number of carbonyl (C=O) groups is 2. The van der Waals surface area contributed by atoms with Gasteiger partial charge in [0.1, 0.15) is 5.75 Å². The number of methoxy groups -OCH3 is 2. The van der Waals surface area contributed by atoms with Gasteiger partial charge in [0.2, 0.25) is 0 Å². The number of hydrogen-bond donors (Lipinski definition) is 1. The number of allylic oxidation sites excluding steroid dienone is 1. The van der Waals surface area contributed by atoms with Gasteiger partial charge in [-0.25, -0.2) is 0 Å². The Morgan fingerprint density at radius 1 is 1.14 bits per heavy atom. The third kappa shape index (κ3) is 7.61. The van der Waals surface area contributed by atoms with Crippen LogP contribution in [0.1, 0.15) is 85.6 Å². The molecule has 0 aromatic heterocycles. The molecule has 1 spiro atoms. The van der Waals surface area contributed by atoms with Gasteiger partial charge in [-0.1, -0.05) is 38.2 Å². The predicted octanol–water partition coefficient (Wildman–Crippen LogP) is 7.54. The summed E-state index contributed by atoms with van der Waals surface area (Å²) >= 11 is 0. The average molecular weight is 586 g/mol. The number of rotatable bonds is 14. The number of ketones is 1. The number of Topliss-reactive ketones (excluding diaryl/α,β-unsaturated/α-hetero) is 1. The number of nitrogens with one attached hydrogen (secondary N) is 1. The zero-order valence-electron chi connectivity index (χ0n) is 26.0. The summed E-state index contributed by atoms with van der Waals surface area (Å²) in [5, 5.41) is 3.11. The molecule has 8 heteroatoms. The molecule has 1 heterocycles. The summed E-state index contributed by atoms with van der Waals surface area (Å²) in [6, 6.07) is 7.20. The van der Waals surface area contributed by atoms with Crippen LogP contribution in [0.15, 0.2) is 58.6 Å². The summed E-state index contributed by atoms with van der Waals surface area (Å²) in [6.07, 6.45) is 9.24. The van der Waals surface area contributed by atoms with E-state index in [4.69, 9.17) is 14.2 Å². The number of ether oxygens (including phenoxy) is 3. The zero-order valence-corrected chi connectivity index (χ0v) is 26.0. The van der Waals surface area contributed by atoms with E-state index in [2.05, 4.69) is 42.3 Å². The van der Waals surface area contributed by atoms with Crippen molar-refractivity contribution in [2.24, 2.45) is 15.9 Å². The van der Waals surface area contributed by atoms with Gasteiger partial charge in [-0.15, -0.1) is 0 Å². The lowest BCUT2D eigenvalue weighted by atomic mass is 9.74. The summed E-state index contributed by atoms with van der Waals surface area (Å²) in [4.78, 5) is 34.6. The monoisotopic (exact) mass is 585 g/mol. The molecule has 2 aromatic rings. The number of aryl methyl sites for hydroxylation is 1. The van der Waals surface area contributed by atoms with Crippen molar-refractivity contribution < 1.29 is 23.8 Å². The second-order valence-corrected chi connectivity index (χ2v) is 11.6.